The molecule has 4 heteroatoms. The number of amides is 1. The first-order chi connectivity index (χ1) is 12.5. The smallest absolute Gasteiger partial charge is 0.255 e. The van der Waals surface area contributed by atoms with Crippen LogP contribution in [0.4, 0.5) is 0 Å². The van der Waals surface area contributed by atoms with E-state index in [1.165, 1.54) is 12.8 Å². The molecule has 0 saturated heterocycles. The second-order valence-corrected chi connectivity index (χ2v) is 7.68. The van der Waals surface area contributed by atoms with Crippen molar-refractivity contribution in [1.29, 1.82) is 0 Å². The molecule has 0 spiro atoms. The molecule has 0 unspecified atom stereocenters. The molecule has 26 heavy (non-hydrogen) atoms. The molecule has 0 aliphatic heterocycles. The maximum Gasteiger partial charge on any atom is 0.255 e. The van der Waals surface area contributed by atoms with Crippen LogP contribution in [0.25, 0.3) is 0 Å². The van der Waals surface area contributed by atoms with Gasteiger partial charge in [0.05, 0.1) is 17.7 Å². The van der Waals surface area contributed by atoms with E-state index in [1.54, 1.807) is 12.1 Å². The SMILES string of the molecule is CC1CCC(Oc2ccc(Cl)cc2C(=O)N[C@@H](C)c2ccccc2)CC1. The molecule has 1 atom stereocenters. The molecule has 3 rings (SSSR count). The van der Waals surface area contributed by atoms with Crippen LogP contribution in [0.15, 0.2) is 48.5 Å². The molecule has 1 aliphatic rings. The molecule has 2 aromatic carbocycles. The van der Waals surface area contributed by atoms with Crippen molar-refractivity contribution >= 4 is 17.5 Å². The summed E-state index contributed by atoms with van der Waals surface area (Å²) in [6.07, 6.45) is 4.58. The van der Waals surface area contributed by atoms with Crippen LogP contribution in [0, 0.1) is 5.92 Å². The Morgan fingerprint density at radius 1 is 1.12 bits per heavy atom. The Morgan fingerprint density at radius 2 is 1.81 bits per heavy atom. The zero-order valence-corrected chi connectivity index (χ0v) is 16.1. The van der Waals surface area contributed by atoms with E-state index in [4.69, 9.17) is 16.3 Å². The van der Waals surface area contributed by atoms with Gasteiger partial charge in [-0.2, -0.15) is 0 Å². The Balaban J connectivity index is 1.73. The van der Waals surface area contributed by atoms with E-state index in [0.717, 1.165) is 24.3 Å². The van der Waals surface area contributed by atoms with E-state index in [1.807, 2.05) is 43.3 Å². The summed E-state index contributed by atoms with van der Waals surface area (Å²) in [5.41, 5.74) is 1.56. The normalized spacial score (nSPS) is 21.0. The molecule has 0 aromatic heterocycles. The highest BCUT2D eigenvalue weighted by molar-refractivity contribution is 6.31. The van der Waals surface area contributed by atoms with Crippen LogP contribution in [0.1, 0.15) is 61.5 Å². The van der Waals surface area contributed by atoms with Crippen LogP contribution in [0.2, 0.25) is 5.02 Å². The molecule has 0 heterocycles. The number of carbonyl (C=O) groups excluding carboxylic acids is 1. The van der Waals surface area contributed by atoms with E-state index >= 15 is 0 Å². The zero-order chi connectivity index (χ0) is 18.5. The summed E-state index contributed by atoms with van der Waals surface area (Å²) in [4.78, 5) is 12.8. The van der Waals surface area contributed by atoms with Crippen molar-refractivity contribution in [3.8, 4) is 5.75 Å². The van der Waals surface area contributed by atoms with Crippen LogP contribution < -0.4 is 10.1 Å². The predicted molar refractivity (Wildman–Crippen MR) is 106 cm³/mol. The van der Waals surface area contributed by atoms with E-state index in [-0.39, 0.29) is 18.1 Å². The Labute approximate surface area is 160 Å². The van der Waals surface area contributed by atoms with Crippen LogP contribution in [0.3, 0.4) is 0 Å². The van der Waals surface area contributed by atoms with Crippen LogP contribution in [-0.4, -0.2) is 12.0 Å². The Morgan fingerprint density at radius 3 is 2.50 bits per heavy atom. The molecule has 138 valence electrons. The molecule has 2 aromatic rings. The summed E-state index contributed by atoms with van der Waals surface area (Å²) in [5, 5.41) is 3.58. The lowest BCUT2D eigenvalue weighted by Gasteiger charge is -2.27. The zero-order valence-electron chi connectivity index (χ0n) is 15.4. The number of nitrogens with one attached hydrogen (secondary N) is 1. The highest BCUT2D eigenvalue weighted by atomic mass is 35.5. The second kappa shape index (κ2) is 8.59. The van der Waals surface area contributed by atoms with Gasteiger partial charge in [-0.1, -0.05) is 48.9 Å². The molecule has 0 radical (unpaired) electrons. The summed E-state index contributed by atoms with van der Waals surface area (Å²) in [5.74, 6) is 1.21. The maximum absolute atomic E-state index is 12.8. The van der Waals surface area contributed by atoms with Crippen molar-refractivity contribution in [3.63, 3.8) is 0 Å². The molecule has 1 amide bonds. The topological polar surface area (TPSA) is 38.3 Å². The lowest BCUT2D eigenvalue weighted by Crippen LogP contribution is -2.28. The van der Waals surface area contributed by atoms with E-state index in [2.05, 4.69) is 12.2 Å². The van der Waals surface area contributed by atoms with Crippen LogP contribution >= 0.6 is 11.6 Å². The number of rotatable bonds is 5. The average Bonchev–Trinajstić information content (AvgIpc) is 2.65. The third-order valence-corrected chi connectivity index (χ3v) is 5.33. The predicted octanol–water partition coefficient (Wildman–Crippen LogP) is 5.79. The first-order valence-corrected chi connectivity index (χ1v) is 9.72. The van der Waals surface area contributed by atoms with Gasteiger partial charge in [0.1, 0.15) is 5.75 Å². The number of ether oxygens (including phenoxy) is 1. The van der Waals surface area contributed by atoms with Crippen molar-refractivity contribution in [1.82, 2.24) is 5.32 Å². The molecular weight excluding hydrogens is 346 g/mol. The highest BCUT2D eigenvalue weighted by Gasteiger charge is 2.22. The van der Waals surface area contributed by atoms with E-state index in [9.17, 15) is 4.79 Å². The number of benzene rings is 2. The minimum atomic E-state index is -0.164. The third-order valence-electron chi connectivity index (χ3n) is 5.09. The number of carbonyl (C=O) groups is 1. The lowest BCUT2D eigenvalue weighted by molar-refractivity contribution is 0.0924. The maximum atomic E-state index is 12.8. The summed E-state index contributed by atoms with van der Waals surface area (Å²) in [7, 11) is 0. The summed E-state index contributed by atoms with van der Waals surface area (Å²) < 4.78 is 6.18. The Hall–Kier alpha value is -2.00. The van der Waals surface area contributed by atoms with Gasteiger partial charge in [-0.15, -0.1) is 0 Å². The van der Waals surface area contributed by atoms with Gasteiger partial charge in [-0.25, -0.2) is 0 Å². The third kappa shape index (κ3) is 4.79. The monoisotopic (exact) mass is 371 g/mol. The fraction of sp³-hybridized carbons (Fsp3) is 0.409. The standard InChI is InChI=1S/C22H26ClNO2/c1-15-8-11-19(12-9-15)26-21-13-10-18(23)14-20(21)22(25)24-16(2)17-6-4-3-5-7-17/h3-7,10,13-16,19H,8-9,11-12H2,1-2H3,(H,24,25)/t15?,16-,19?/m0/s1. The first-order valence-electron chi connectivity index (χ1n) is 9.35. The van der Waals surface area contributed by atoms with E-state index < -0.39 is 0 Å². The van der Waals surface area contributed by atoms with Gasteiger partial charge in [0, 0.05) is 5.02 Å². The quantitative estimate of drug-likeness (QED) is 0.722. The molecule has 1 fully saturated rings. The molecule has 1 aliphatic carbocycles. The highest BCUT2D eigenvalue weighted by Crippen LogP contribution is 2.30. The molecule has 1 saturated carbocycles. The van der Waals surface area contributed by atoms with Gasteiger partial charge in [0.15, 0.2) is 0 Å². The van der Waals surface area contributed by atoms with Gasteiger partial charge in [-0.3, -0.25) is 4.79 Å². The summed E-state index contributed by atoms with van der Waals surface area (Å²) >= 11 is 6.14. The number of halogens is 1. The minimum Gasteiger partial charge on any atom is -0.490 e. The van der Waals surface area contributed by atoms with Crippen molar-refractivity contribution in [2.75, 3.05) is 0 Å². The van der Waals surface area contributed by atoms with Crippen molar-refractivity contribution in [3.05, 3.63) is 64.7 Å². The summed E-state index contributed by atoms with van der Waals surface area (Å²) in [6.45, 7) is 4.25. The molecule has 0 bridgehead atoms. The van der Waals surface area contributed by atoms with Gasteiger partial charge in [0.2, 0.25) is 0 Å². The number of hydrogen-bond donors (Lipinski definition) is 1. The molecule has 1 N–H and O–H groups in total. The lowest BCUT2D eigenvalue weighted by atomic mass is 9.89. The largest absolute Gasteiger partial charge is 0.490 e. The summed E-state index contributed by atoms with van der Waals surface area (Å²) in [6, 6.07) is 15.1. The molecular formula is C22H26ClNO2. The van der Waals surface area contributed by atoms with Gasteiger partial charge in [-0.05, 0) is 62.3 Å². The molecule has 3 nitrogen and oxygen atoms in total. The number of hydrogen-bond acceptors (Lipinski definition) is 2. The average molecular weight is 372 g/mol. The van der Waals surface area contributed by atoms with Gasteiger partial charge in [0.25, 0.3) is 5.91 Å². The van der Waals surface area contributed by atoms with Crippen molar-refractivity contribution in [2.24, 2.45) is 5.92 Å². The fourth-order valence-corrected chi connectivity index (χ4v) is 3.58. The Bertz CT molecular complexity index is 739. The minimum absolute atomic E-state index is 0.0916. The Kier molecular flexibility index (Phi) is 6.20. The van der Waals surface area contributed by atoms with Crippen LogP contribution in [0.5, 0.6) is 5.75 Å². The second-order valence-electron chi connectivity index (χ2n) is 7.25. The van der Waals surface area contributed by atoms with Gasteiger partial charge < -0.3 is 10.1 Å². The van der Waals surface area contributed by atoms with Crippen molar-refractivity contribution in [2.45, 2.75) is 51.7 Å². The van der Waals surface area contributed by atoms with E-state index in [0.29, 0.717) is 16.3 Å². The first kappa shape index (κ1) is 18.8. The van der Waals surface area contributed by atoms with Crippen molar-refractivity contribution < 1.29 is 9.53 Å². The van der Waals surface area contributed by atoms with Gasteiger partial charge >= 0.3 is 0 Å². The fourth-order valence-electron chi connectivity index (χ4n) is 3.41. The van der Waals surface area contributed by atoms with Crippen LogP contribution in [-0.2, 0) is 0 Å².